The molecule has 1 aliphatic rings. The first-order valence-electron chi connectivity index (χ1n) is 7.39. The largest absolute Gasteiger partial charge is 0.399 e. The van der Waals surface area contributed by atoms with Crippen molar-refractivity contribution in [1.82, 2.24) is 0 Å². The second kappa shape index (κ2) is 6.16. The molecule has 2 nitrogen and oxygen atoms in total. The maximum absolute atomic E-state index is 5.86. The molecule has 2 aromatic carbocycles. The van der Waals surface area contributed by atoms with E-state index in [1.807, 2.05) is 24.3 Å². The molecule has 112 valence electrons. The molecule has 0 radical (unpaired) electrons. The van der Waals surface area contributed by atoms with Gasteiger partial charge in [-0.1, -0.05) is 65.1 Å². The molecule has 1 aliphatic carbocycles. The fourth-order valence-electron chi connectivity index (χ4n) is 2.79. The van der Waals surface area contributed by atoms with Crippen molar-refractivity contribution in [3.05, 3.63) is 83.5 Å². The van der Waals surface area contributed by atoms with Gasteiger partial charge in [0.25, 0.3) is 0 Å². The number of alkyl halides is 1. The van der Waals surface area contributed by atoms with Crippen LogP contribution in [-0.4, -0.2) is 0 Å². The van der Waals surface area contributed by atoms with Gasteiger partial charge in [0.1, 0.15) is 0 Å². The molecule has 0 fully saturated rings. The molecule has 2 aromatic rings. The van der Waals surface area contributed by atoms with Crippen LogP contribution in [0.15, 0.2) is 72.3 Å². The molecule has 0 aliphatic heterocycles. The van der Waals surface area contributed by atoms with E-state index in [1.165, 1.54) is 16.7 Å². The molecule has 0 amide bonds. The molecule has 4 N–H and O–H groups in total. The van der Waals surface area contributed by atoms with E-state index < -0.39 is 0 Å². The number of nitrogen functional groups attached to an aromatic ring is 2. The van der Waals surface area contributed by atoms with Crippen molar-refractivity contribution in [1.29, 1.82) is 0 Å². The van der Waals surface area contributed by atoms with E-state index >= 15 is 0 Å². The van der Waals surface area contributed by atoms with Crippen LogP contribution in [-0.2, 0) is 3.42 Å². The number of benzene rings is 2. The highest BCUT2D eigenvalue weighted by Crippen LogP contribution is 2.47. The molecular formula is C19H19IN2. The molecule has 0 saturated carbocycles. The SMILES string of the molecule is Nc1ccc(C(I)(C2=CCCC=C2)c2ccc(N)cc2)cc1. The summed E-state index contributed by atoms with van der Waals surface area (Å²) in [5.41, 5.74) is 17.1. The minimum absolute atomic E-state index is 0.226. The first kappa shape index (κ1) is 15.2. The van der Waals surface area contributed by atoms with Crippen molar-refractivity contribution in [3.8, 4) is 0 Å². The van der Waals surface area contributed by atoms with Gasteiger partial charge in [-0.3, -0.25) is 0 Å². The third-order valence-electron chi connectivity index (χ3n) is 4.01. The number of nitrogens with two attached hydrogens (primary N) is 2. The monoisotopic (exact) mass is 402 g/mol. The molecule has 0 saturated heterocycles. The Hall–Kier alpha value is -1.75. The lowest BCUT2D eigenvalue weighted by Gasteiger charge is -2.32. The van der Waals surface area contributed by atoms with Crippen LogP contribution >= 0.6 is 22.6 Å². The number of halogens is 1. The van der Waals surface area contributed by atoms with Crippen LogP contribution in [0.4, 0.5) is 11.4 Å². The van der Waals surface area contributed by atoms with E-state index in [2.05, 4.69) is 65.1 Å². The Morgan fingerprint density at radius 2 is 1.27 bits per heavy atom. The Labute approximate surface area is 145 Å². The Morgan fingerprint density at radius 3 is 1.68 bits per heavy atom. The summed E-state index contributed by atoms with van der Waals surface area (Å²) in [6, 6.07) is 16.3. The fraction of sp³-hybridized carbons (Fsp3) is 0.158. The summed E-state index contributed by atoms with van der Waals surface area (Å²) in [7, 11) is 0. The van der Waals surface area contributed by atoms with E-state index in [0.29, 0.717) is 0 Å². The molecule has 3 heteroatoms. The average molecular weight is 402 g/mol. The van der Waals surface area contributed by atoms with E-state index in [4.69, 9.17) is 11.5 Å². The summed E-state index contributed by atoms with van der Waals surface area (Å²) in [6.45, 7) is 0. The zero-order chi connectivity index (χ0) is 15.6. The van der Waals surface area contributed by atoms with Crippen molar-refractivity contribution in [3.63, 3.8) is 0 Å². The zero-order valence-electron chi connectivity index (χ0n) is 12.3. The van der Waals surface area contributed by atoms with Gasteiger partial charge in [0.05, 0.1) is 3.42 Å². The molecule has 0 spiro atoms. The van der Waals surface area contributed by atoms with Crippen LogP contribution in [0.2, 0.25) is 0 Å². The molecule has 0 heterocycles. The van der Waals surface area contributed by atoms with Gasteiger partial charge < -0.3 is 11.5 Å². The predicted octanol–water partition coefficient (Wildman–Crippen LogP) is 4.81. The zero-order valence-corrected chi connectivity index (χ0v) is 14.5. The molecule has 0 aromatic heterocycles. The molecule has 3 rings (SSSR count). The van der Waals surface area contributed by atoms with Crippen LogP contribution in [0.3, 0.4) is 0 Å². The minimum atomic E-state index is -0.226. The number of rotatable bonds is 3. The molecule has 22 heavy (non-hydrogen) atoms. The van der Waals surface area contributed by atoms with Crippen molar-refractivity contribution in [2.24, 2.45) is 0 Å². The Bertz CT molecular complexity index is 667. The first-order chi connectivity index (χ1) is 10.6. The number of anilines is 2. The highest BCUT2D eigenvalue weighted by Gasteiger charge is 2.34. The number of hydrogen-bond donors (Lipinski definition) is 2. The topological polar surface area (TPSA) is 52.0 Å². The van der Waals surface area contributed by atoms with Crippen molar-refractivity contribution in [2.45, 2.75) is 16.3 Å². The maximum Gasteiger partial charge on any atom is 0.0965 e. The first-order valence-corrected chi connectivity index (χ1v) is 8.46. The summed E-state index contributed by atoms with van der Waals surface area (Å²) in [4.78, 5) is 0. The lowest BCUT2D eigenvalue weighted by atomic mass is 9.82. The Balaban J connectivity index is 2.17. The van der Waals surface area contributed by atoms with Gasteiger partial charge in [-0.05, 0) is 53.8 Å². The summed E-state index contributed by atoms with van der Waals surface area (Å²) < 4.78 is -0.226. The molecular weight excluding hydrogens is 383 g/mol. The van der Waals surface area contributed by atoms with E-state index in [-0.39, 0.29) is 3.42 Å². The van der Waals surface area contributed by atoms with Crippen molar-refractivity contribution >= 4 is 34.0 Å². The second-order valence-corrected chi connectivity index (χ2v) is 7.16. The van der Waals surface area contributed by atoms with Gasteiger partial charge in [0, 0.05) is 11.4 Å². The second-order valence-electron chi connectivity index (χ2n) is 5.54. The van der Waals surface area contributed by atoms with Gasteiger partial charge in [-0.2, -0.15) is 0 Å². The van der Waals surface area contributed by atoms with Crippen molar-refractivity contribution in [2.75, 3.05) is 11.5 Å². The Kier molecular flexibility index (Phi) is 4.25. The van der Waals surface area contributed by atoms with Gasteiger partial charge >= 0.3 is 0 Å². The van der Waals surface area contributed by atoms with Gasteiger partial charge in [0.2, 0.25) is 0 Å². The quantitative estimate of drug-likeness (QED) is 0.440. The van der Waals surface area contributed by atoms with Crippen LogP contribution in [0.1, 0.15) is 24.0 Å². The van der Waals surface area contributed by atoms with Crippen LogP contribution < -0.4 is 11.5 Å². The molecule has 0 unspecified atom stereocenters. The minimum Gasteiger partial charge on any atom is -0.399 e. The molecule has 0 bridgehead atoms. The normalized spacial score (nSPS) is 14.7. The lowest BCUT2D eigenvalue weighted by molar-refractivity contribution is 0.895. The predicted molar refractivity (Wildman–Crippen MR) is 103 cm³/mol. The van der Waals surface area contributed by atoms with Gasteiger partial charge in [-0.15, -0.1) is 0 Å². The van der Waals surface area contributed by atoms with Gasteiger partial charge in [0.15, 0.2) is 0 Å². The number of allylic oxidation sites excluding steroid dienone is 4. The fourth-order valence-corrected chi connectivity index (χ4v) is 3.91. The third-order valence-corrected chi connectivity index (χ3v) is 5.88. The van der Waals surface area contributed by atoms with E-state index in [0.717, 1.165) is 24.2 Å². The van der Waals surface area contributed by atoms with E-state index in [9.17, 15) is 0 Å². The molecule has 0 atom stereocenters. The summed E-state index contributed by atoms with van der Waals surface area (Å²) in [6.07, 6.45) is 9.01. The summed E-state index contributed by atoms with van der Waals surface area (Å²) in [5, 5.41) is 0. The lowest BCUT2D eigenvalue weighted by Crippen LogP contribution is -2.22. The third kappa shape index (κ3) is 2.77. The highest BCUT2D eigenvalue weighted by atomic mass is 127. The highest BCUT2D eigenvalue weighted by molar-refractivity contribution is 14.1. The summed E-state index contributed by atoms with van der Waals surface area (Å²) >= 11 is 2.55. The Morgan fingerprint density at radius 1 is 0.773 bits per heavy atom. The van der Waals surface area contributed by atoms with Crippen LogP contribution in [0.5, 0.6) is 0 Å². The number of hydrogen-bond acceptors (Lipinski definition) is 2. The van der Waals surface area contributed by atoms with Crippen LogP contribution in [0.25, 0.3) is 0 Å². The van der Waals surface area contributed by atoms with E-state index in [1.54, 1.807) is 0 Å². The van der Waals surface area contributed by atoms with Crippen LogP contribution in [0, 0.1) is 0 Å². The average Bonchev–Trinajstić information content (AvgIpc) is 2.56. The smallest absolute Gasteiger partial charge is 0.0965 e. The standard InChI is InChI=1S/C19H19IN2/c20-19(14-4-2-1-3-5-14,15-6-10-17(21)11-7-15)16-8-12-18(22)13-9-16/h2,4-13H,1,3,21-22H2. The van der Waals surface area contributed by atoms with Crippen molar-refractivity contribution < 1.29 is 0 Å². The summed E-state index contributed by atoms with van der Waals surface area (Å²) in [5.74, 6) is 0. The van der Waals surface area contributed by atoms with Gasteiger partial charge in [-0.25, -0.2) is 0 Å². The maximum atomic E-state index is 5.86.